The first kappa shape index (κ1) is 14.0. The van der Waals surface area contributed by atoms with Gasteiger partial charge < -0.3 is 5.11 Å². The molecule has 4 nitrogen and oxygen atoms in total. The van der Waals surface area contributed by atoms with Crippen LogP contribution in [0.2, 0.25) is 5.02 Å². The van der Waals surface area contributed by atoms with E-state index in [2.05, 4.69) is 10.1 Å². The molecule has 0 aliphatic heterocycles. The zero-order valence-corrected chi connectivity index (χ0v) is 11.9. The Kier molecular flexibility index (Phi) is 4.56. The predicted molar refractivity (Wildman–Crippen MR) is 75.1 cm³/mol. The van der Waals surface area contributed by atoms with E-state index < -0.39 is 6.10 Å². The number of halogens is 1. The van der Waals surface area contributed by atoms with Crippen LogP contribution in [0.25, 0.3) is 0 Å². The average Bonchev–Trinajstić information content (AvgIpc) is 2.79. The fraction of sp³-hybridized carbons (Fsp3) is 0.429. The molecule has 1 unspecified atom stereocenters. The van der Waals surface area contributed by atoms with Gasteiger partial charge in [-0.15, -0.1) is 0 Å². The lowest BCUT2D eigenvalue weighted by Crippen LogP contribution is -2.12. The summed E-state index contributed by atoms with van der Waals surface area (Å²) in [6.07, 6.45) is 4.00. The maximum absolute atomic E-state index is 10.3. The smallest absolute Gasteiger partial charge is 0.0975 e. The van der Waals surface area contributed by atoms with E-state index in [4.69, 9.17) is 11.6 Å². The van der Waals surface area contributed by atoms with Crippen LogP contribution in [-0.2, 0) is 6.42 Å². The van der Waals surface area contributed by atoms with Crippen LogP contribution < -0.4 is 0 Å². The Labute approximate surface area is 118 Å². The third-order valence-electron chi connectivity index (χ3n) is 2.99. The number of aliphatic hydroxyl groups is 1. The van der Waals surface area contributed by atoms with Gasteiger partial charge in [0.2, 0.25) is 0 Å². The first-order valence-corrected chi connectivity index (χ1v) is 6.78. The SMILES string of the molecule is CC(C)n1ncc(Cl)c1C(O)CCc1ccccn1. The number of hydrogen-bond donors (Lipinski definition) is 1. The van der Waals surface area contributed by atoms with Crippen LogP contribution in [0.15, 0.2) is 30.6 Å². The van der Waals surface area contributed by atoms with Gasteiger partial charge in [-0.05, 0) is 38.8 Å². The summed E-state index contributed by atoms with van der Waals surface area (Å²) in [7, 11) is 0. The van der Waals surface area contributed by atoms with E-state index in [1.54, 1.807) is 17.1 Å². The van der Waals surface area contributed by atoms with Gasteiger partial charge in [-0.1, -0.05) is 17.7 Å². The molecule has 1 N–H and O–H groups in total. The predicted octanol–water partition coefficient (Wildman–Crippen LogP) is 3.18. The Bertz CT molecular complexity index is 525. The van der Waals surface area contributed by atoms with Crippen molar-refractivity contribution in [2.75, 3.05) is 0 Å². The highest BCUT2D eigenvalue weighted by atomic mass is 35.5. The summed E-state index contributed by atoms with van der Waals surface area (Å²) in [6, 6.07) is 5.95. The number of aliphatic hydroxyl groups excluding tert-OH is 1. The first-order chi connectivity index (χ1) is 9.09. The molecule has 2 aromatic heterocycles. The summed E-state index contributed by atoms with van der Waals surface area (Å²) in [5.74, 6) is 0. The van der Waals surface area contributed by atoms with Crippen molar-refractivity contribution in [3.8, 4) is 0 Å². The number of aryl methyl sites for hydroxylation is 1. The Balaban J connectivity index is 2.08. The van der Waals surface area contributed by atoms with Crippen LogP contribution >= 0.6 is 11.6 Å². The molecule has 0 radical (unpaired) electrons. The third kappa shape index (κ3) is 3.33. The van der Waals surface area contributed by atoms with E-state index >= 15 is 0 Å². The molecule has 5 heteroatoms. The normalized spacial score (nSPS) is 12.9. The van der Waals surface area contributed by atoms with Gasteiger partial charge in [-0.25, -0.2) is 0 Å². The van der Waals surface area contributed by atoms with Crippen LogP contribution in [0.4, 0.5) is 0 Å². The maximum Gasteiger partial charge on any atom is 0.0975 e. The van der Waals surface area contributed by atoms with Crippen molar-refractivity contribution in [1.82, 2.24) is 14.8 Å². The molecular weight excluding hydrogens is 262 g/mol. The quantitative estimate of drug-likeness (QED) is 0.914. The fourth-order valence-electron chi connectivity index (χ4n) is 2.04. The lowest BCUT2D eigenvalue weighted by molar-refractivity contribution is 0.154. The van der Waals surface area contributed by atoms with Crippen molar-refractivity contribution in [3.05, 3.63) is 47.0 Å². The zero-order valence-electron chi connectivity index (χ0n) is 11.1. The van der Waals surface area contributed by atoms with Crippen molar-refractivity contribution in [1.29, 1.82) is 0 Å². The second kappa shape index (κ2) is 6.17. The minimum Gasteiger partial charge on any atom is -0.387 e. The minimum atomic E-state index is -0.626. The van der Waals surface area contributed by atoms with Gasteiger partial charge in [-0.3, -0.25) is 9.67 Å². The van der Waals surface area contributed by atoms with E-state index in [0.717, 1.165) is 5.69 Å². The molecule has 0 spiro atoms. The van der Waals surface area contributed by atoms with Crippen molar-refractivity contribution in [2.45, 2.75) is 38.8 Å². The zero-order chi connectivity index (χ0) is 13.8. The molecule has 2 rings (SSSR count). The van der Waals surface area contributed by atoms with E-state index in [-0.39, 0.29) is 6.04 Å². The van der Waals surface area contributed by atoms with Crippen LogP contribution in [0.1, 0.15) is 43.8 Å². The van der Waals surface area contributed by atoms with Gasteiger partial charge in [-0.2, -0.15) is 5.10 Å². The summed E-state index contributed by atoms with van der Waals surface area (Å²) >= 11 is 6.11. The number of pyridine rings is 1. The molecule has 0 saturated carbocycles. The van der Waals surface area contributed by atoms with Crippen LogP contribution in [-0.4, -0.2) is 19.9 Å². The van der Waals surface area contributed by atoms with Gasteiger partial charge >= 0.3 is 0 Å². The second-order valence-electron chi connectivity index (χ2n) is 4.79. The molecule has 2 aromatic rings. The van der Waals surface area contributed by atoms with Crippen molar-refractivity contribution >= 4 is 11.6 Å². The van der Waals surface area contributed by atoms with Crippen LogP contribution in [0.5, 0.6) is 0 Å². The fourth-order valence-corrected chi connectivity index (χ4v) is 2.30. The molecule has 0 fully saturated rings. The summed E-state index contributed by atoms with van der Waals surface area (Å²) in [5, 5.41) is 15.0. The van der Waals surface area contributed by atoms with Crippen molar-refractivity contribution < 1.29 is 5.11 Å². The largest absolute Gasteiger partial charge is 0.387 e. The van der Waals surface area contributed by atoms with Crippen LogP contribution in [0.3, 0.4) is 0 Å². The monoisotopic (exact) mass is 279 g/mol. The standard InChI is InChI=1S/C14H18ClN3O/c1-10(2)18-14(12(15)9-17-18)13(19)7-6-11-5-3-4-8-16-11/h3-5,8-10,13,19H,6-7H2,1-2H3. The van der Waals surface area contributed by atoms with Gasteiger partial charge in [0, 0.05) is 17.9 Å². The molecule has 2 heterocycles. The number of hydrogen-bond acceptors (Lipinski definition) is 3. The minimum absolute atomic E-state index is 0.173. The molecule has 0 aromatic carbocycles. The summed E-state index contributed by atoms with van der Waals surface area (Å²) in [6.45, 7) is 4.02. The Morgan fingerprint density at radius 1 is 1.37 bits per heavy atom. The van der Waals surface area contributed by atoms with Crippen molar-refractivity contribution in [2.24, 2.45) is 0 Å². The Morgan fingerprint density at radius 3 is 2.79 bits per heavy atom. The molecule has 1 atom stereocenters. The summed E-state index contributed by atoms with van der Waals surface area (Å²) < 4.78 is 1.77. The van der Waals surface area contributed by atoms with Gasteiger partial charge in [0.25, 0.3) is 0 Å². The molecule has 0 aliphatic rings. The Hall–Kier alpha value is -1.39. The highest BCUT2D eigenvalue weighted by molar-refractivity contribution is 6.31. The number of rotatable bonds is 5. The number of nitrogens with zero attached hydrogens (tertiary/aromatic N) is 3. The van der Waals surface area contributed by atoms with E-state index in [1.807, 2.05) is 32.0 Å². The van der Waals surface area contributed by atoms with E-state index in [1.165, 1.54) is 0 Å². The summed E-state index contributed by atoms with van der Waals surface area (Å²) in [4.78, 5) is 4.25. The van der Waals surface area contributed by atoms with Crippen LogP contribution in [0, 0.1) is 0 Å². The van der Waals surface area contributed by atoms with Gasteiger partial charge in [0.15, 0.2) is 0 Å². The average molecular weight is 280 g/mol. The first-order valence-electron chi connectivity index (χ1n) is 6.40. The maximum atomic E-state index is 10.3. The molecule has 19 heavy (non-hydrogen) atoms. The molecule has 0 saturated heterocycles. The molecule has 102 valence electrons. The molecule has 0 amide bonds. The summed E-state index contributed by atoms with van der Waals surface area (Å²) in [5.41, 5.74) is 1.65. The highest BCUT2D eigenvalue weighted by Crippen LogP contribution is 2.28. The lowest BCUT2D eigenvalue weighted by Gasteiger charge is -2.16. The third-order valence-corrected chi connectivity index (χ3v) is 3.28. The molecular formula is C14H18ClN3O. The molecule has 0 bridgehead atoms. The molecule has 0 aliphatic carbocycles. The lowest BCUT2D eigenvalue weighted by atomic mass is 10.1. The highest BCUT2D eigenvalue weighted by Gasteiger charge is 2.19. The van der Waals surface area contributed by atoms with E-state index in [0.29, 0.717) is 23.6 Å². The van der Waals surface area contributed by atoms with Crippen molar-refractivity contribution in [3.63, 3.8) is 0 Å². The number of aromatic nitrogens is 3. The van der Waals surface area contributed by atoms with E-state index in [9.17, 15) is 5.11 Å². The topological polar surface area (TPSA) is 50.9 Å². The second-order valence-corrected chi connectivity index (χ2v) is 5.20. The Morgan fingerprint density at radius 2 is 2.16 bits per heavy atom. The van der Waals surface area contributed by atoms with Gasteiger partial charge in [0.1, 0.15) is 0 Å². The van der Waals surface area contributed by atoms with Gasteiger partial charge in [0.05, 0.1) is 23.0 Å².